The Bertz CT molecular complexity index is 920. The molecule has 0 aliphatic heterocycles. The second kappa shape index (κ2) is 6.63. The Hall–Kier alpha value is -2.75. The van der Waals surface area contributed by atoms with Crippen molar-refractivity contribution in [1.82, 2.24) is 4.98 Å². The highest BCUT2D eigenvalue weighted by atomic mass is 16.5. The van der Waals surface area contributed by atoms with Gasteiger partial charge in [-0.25, -0.2) is 0 Å². The zero-order valence-electron chi connectivity index (χ0n) is 15.0. The highest BCUT2D eigenvalue weighted by Gasteiger charge is 2.18. The van der Waals surface area contributed by atoms with Crippen LogP contribution in [-0.4, -0.2) is 23.2 Å². The van der Waals surface area contributed by atoms with E-state index in [-0.39, 0.29) is 6.42 Å². The van der Waals surface area contributed by atoms with Crippen molar-refractivity contribution < 1.29 is 14.6 Å². The largest absolute Gasteiger partial charge is 0.497 e. The van der Waals surface area contributed by atoms with Crippen LogP contribution < -0.4 is 4.74 Å². The lowest BCUT2D eigenvalue weighted by atomic mass is 9.98. The molecule has 0 bridgehead atoms. The quantitative estimate of drug-likeness (QED) is 0.696. The van der Waals surface area contributed by atoms with Gasteiger partial charge in [0.05, 0.1) is 19.2 Å². The van der Waals surface area contributed by atoms with E-state index in [1.54, 1.807) is 7.11 Å². The van der Waals surface area contributed by atoms with E-state index in [0.717, 1.165) is 39.0 Å². The number of nitrogens with one attached hydrogen (secondary N) is 1. The number of aryl methyl sites for hydroxylation is 1. The summed E-state index contributed by atoms with van der Waals surface area (Å²) in [4.78, 5) is 14.9. The third kappa shape index (κ3) is 3.25. The first-order valence-corrected chi connectivity index (χ1v) is 8.42. The summed E-state index contributed by atoms with van der Waals surface area (Å²) in [5, 5.41) is 10.3. The first-order valence-electron chi connectivity index (χ1n) is 8.42. The monoisotopic (exact) mass is 337 g/mol. The van der Waals surface area contributed by atoms with Crippen molar-refractivity contribution in [1.29, 1.82) is 0 Å². The zero-order valence-corrected chi connectivity index (χ0v) is 15.0. The fourth-order valence-corrected chi connectivity index (χ4v) is 3.23. The molecule has 0 unspecified atom stereocenters. The van der Waals surface area contributed by atoms with Crippen LogP contribution in [0.1, 0.15) is 36.5 Å². The predicted octanol–water partition coefficient (Wildman–Crippen LogP) is 4.90. The van der Waals surface area contributed by atoms with Crippen molar-refractivity contribution in [2.45, 2.75) is 33.1 Å². The van der Waals surface area contributed by atoms with Crippen molar-refractivity contribution in [3.8, 4) is 17.0 Å². The second-order valence-corrected chi connectivity index (χ2v) is 6.69. The smallest absolute Gasteiger partial charge is 0.307 e. The maximum absolute atomic E-state index is 11.4. The molecule has 0 saturated heterocycles. The number of ether oxygens (including phenoxy) is 1. The molecule has 0 fully saturated rings. The molecule has 0 atom stereocenters. The van der Waals surface area contributed by atoms with Gasteiger partial charge in [-0.1, -0.05) is 38.1 Å². The maximum Gasteiger partial charge on any atom is 0.307 e. The molecule has 4 heteroatoms. The number of rotatable bonds is 5. The molecule has 0 saturated carbocycles. The fraction of sp³-hybridized carbons (Fsp3) is 0.286. The summed E-state index contributed by atoms with van der Waals surface area (Å²) in [7, 11) is 1.62. The lowest BCUT2D eigenvalue weighted by Crippen LogP contribution is -2.01. The van der Waals surface area contributed by atoms with Gasteiger partial charge in [-0.3, -0.25) is 4.79 Å². The normalized spacial score (nSPS) is 11.2. The third-order valence-electron chi connectivity index (χ3n) is 4.62. The molecule has 1 aromatic heterocycles. The number of methoxy groups -OCH3 is 1. The minimum atomic E-state index is -0.846. The Labute approximate surface area is 147 Å². The minimum Gasteiger partial charge on any atom is -0.497 e. The molecule has 1 heterocycles. The van der Waals surface area contributed by atoms with Gasteiger partial charge in [0.25, 0.3) is 0 Å². The summed E-state index contributed by atoms with van der Waals surface area (Å²) in [6, 6.07) is 12.2. The number of aromatic amines is 1. The van der Waals surface area contributed by atoms with Gasteiger partial charge >= 0.3 is 5.97 Å². The molecule has 2 N–H and O–H groups in total. The van der Waals surface area contributed by atoms with Crippen LogP contribution in [-0.2, 0) is 11.2 Å². The molecule has 4 nitrogen and oxygen atoms in total. The van der Waals surface area contributed by atoms with Crippen LogP contribution in [0.15, 0.2) is 36.4 Å². The van der Waals surface area contributed by atoms with Gasteiger partial charge in [0, 0.05) is 10.9 Å². The zero-order chi connectivity index (χ0) is 18.1. The summed E-state index contributed by atoms with van der Waals surface area (Å²) in [6.45, 7) is 6.31. The predicted molar refractivity (Wildman–Crippen MR) is 100 cm³/mol. The highest BCUT2D eigenvalue weighted by Crippen LogP contribution is 2.35. The van der Waals surface area contributed by atoms with E-state index in [1.165, 1.54) is 5.56 Å². The summed E-state index contributed by atoms with van der Waals surface area (Å²) in [5.74, 6) is 0.348. The summed E-state index contributed by atoms with van der Waals surface area (Å²) >= 11 is 0. The Morgan fingerprint density at radius 1 is 1.20 bits per heavy atom. The summed E-state index contributed by atoms with van der Waals surface area (Å²) in [6.07, 6.45) is -0.0339. The SMILES string of the molecule is COc1cc(C)c2[nH]c(-c3ccc(C(C)C)cc3)c(CC(=O)O)c2c1. The molecule has 0 aliphatic carbocycles. The number of carboxylic acid groups (broad SMARTS) is 1. The van der Waals surface area contributed by atoms with Gasteiger partial charge in [-0.05, 0) is 47.2 Å². The lowest BCUT2D eigenvalue weighted by Gasteiger charge is -2.07. The number of benzene rings is 2. The van der Waals surface area contributed by atoms with Gasteiger partial charge in [0.15, 0.2) is 0 Å². The van der Waals surface area contributed by atoms with Gasteiger partial charge in [0.1, 0.15) is 5.75 Å². The Kier molecular flexibility index (Phi) is 4.53. The number of aliphatic carboxylic acids is 1. The van der Waals surface area contributed by atoms with Gasteiger partial charge in [0.2, 0.25) is 0 Å². The number of carbonyl (C=O) groups is 1. The van der Waals surface area contributed by atoms with Crippen molar-refractivity contribution in [2.24, 2.45) is 0 Å². The van der Waals surface area contributed by atoms with Crippen molar-refractivity contribution >= 4 is 16.9 Å². The van der Waals surface area contributed by atoms with E-state index < -0.39 is 5.97 Å². The Morgan fingerprint density at radius 3 is 2.44 bits per heavy atom. The molecule has 0 amide bonds. The number of carboxylic acids is 1. The third-order valence-corrected chi connectivity index (χ3v) is 4.62. The number of aromatic nitrogens is 1. The maximum atomic E-state index is 11.4. The van der Waals surface area contributed by atoms with E-state index in [9.17, 15) is 9.90 Å². The average Bonchev–Trinajstić information content (AvgIpc) is 2.93. The summed E-state index contributed by atoms with van der Waals surface area (Å²) in [5.41, 5.74) is 5.91. The van der Waals surface area contributed by atoms with E-state index in [4.69, 9.17) is 4.74 Å². The van der Waals surface area contributed by atoms with Crippen molar-refractivity contribution in [2.75, 3.05) is 7.11 Å². The van der Waals surface area contributed by atoms with Crippen LogP contribution in [0.25, 0.3) is 22.2 Å². The van der Waals surface area contributed by atoms with Crippen molar-refractivity contribution in [3.05, 3.63) is 53.1 Å². The number of hydrogen-bond donors (Lipinski definition) is 2. The molecule has 0 spiro atoms. The van der Waals surface area contributed by atoms with E-state index in [0.29, 0.717) is 5.92 Å². The first-order chi connectivity index (χ1) is 11.9. The number of fused-ring (bicyclic) bond motifs is 1. The van der Waals surface area contributed by atoms with Crippen LogP contribution >= 0.6 is 0 Å². The number of hydrogen-bond acceptors (Lipinski definition) is 2. The van der Waals surface area contributed by atoms with Crippen LogP contribution in [0.5, 0.6) is 5.75 Å². The molecule has 0 radical (unpaired) electrons. The van der Waals surface area contributed by atoms with Gasteiger partial charge in [-0.15, -0.1) is 0 Å². The highest BCUT2D eigenvalue weighted by molar-refractivity contribution is 5.96. The second-order valence-electron chi connectivity index (χ2n) is 6.69. The molecular weight excluding hydrogens is 314 g/mol. The summed E-state index contributed by atoms with van der Waals surface area (Å²) < 4.78 is 5.36. The molecule has 3 aromatic rings. The molecule has 130 valence electrons. The standard InChI is InChI=1S/C21H23NO3/c1-12(2)14-5-7-15(8-6-14)21-18(11-19(23)24)17-10-16(25-4)9-13(3)20(17)22-21/h5-10,12,22H,11H2,1-4H3,(H,23,24). The van der Waals surface area contributed by atoms with Crippen LogP contribution in [0.2, 0.25) is 0 Å². The van der Waals surface area contributed by atoms with E-state index in [2.05, 4.69) is 43.1 Å². The van der Waals surface area contributed by atoms with Crippen molar-refractivity contribution in [3.63, 3.8) is 0 Å². The van der Waals surface area contributed by atoms with Crippen LogP contribution in [0.4, 0.5) is 0 Å². The molecule has 2 aromatic carbocycles. The van der Waals surface area contributed by atoms with Gasteiger partial charge in [-0.2, -0.15) is 0 Å². The lowest BCUT2D eigenvalue weighted by molar-refractivity contribution is -0.136. The molecule has 25 heavy (non-hydrogen) atoms. The van der Waals surface area contributed by atoms with Crippen LogP contribution in [0, 0.1) is 6.92 Å². The Morgan fingerprint density at radius 2 is 1.88 bits per heavy atom. The van der Waals surface area contributed by atoms with E-state index in [1.807, 2.05) is 19.1 Å². The van der Waals surface area contributed by atoms with E-state index >= 15 is 0 Å². The van der Waals surface area contributed by atoms with Crippen LogP contribution in [0.3, 0.4) is 0 Å². The number of H-pyrrole nitrogens is 1. The van der Waals surface area contributed by atoms with Gasteiger partial charge < -0.3 is 14.8 Å². The average molecular weight is 337 g/mol. The minimum absolute atomic E-state index is 0.0339. The molecule has 3 rings (SSSR count). The molecular formula is C21H23NO3. The molecule has 0 aliphatic rings. The Balaban J connectivity index is 2.22. The fourth-order valence-electron chi connectivity index (χ4n) is 3.23. The topological polar surface area (TPSA) is 62.3 Å². The first kappa shape index (κ1) is 17.1.